The van der Waals surface area contributed by atoms with Crippen LogP contribution in [0.25, 0.3) is 0 Å². The van der Waals surface area contributed by atoms with Gasteiger partial charge < -0.3 is 14.6 Å². The number of carbonyl (C=O) groups excluding carboxylic acids is 1. The van der Waals surface area contributed by atoms with Crippen LogP contribution >= 0.6 is 15.9 Å². The molecule has 100 valence electrons. The zero-order valence-corrected chi connectivity index (χ0v) is 12.2. The third-order valence-corrected chi connectivity index (χ3v) is 3.65. The minimum atomic E-state index is -0.0134. The predicted molar refractivity (Wildman–Crippen MR) is 73.7 cm³/mol. The van der Waals surface area contributed by atoms with Gasteiger partial charge in [-0.3, -0.25) is 4.79 Å². The summed E-state index contributed by atoms with van der Waals surface area (Å²) in [5, 5.41) is 2.95. The molecule has 5 heteroatoms. The number of aryl methyl sites for hydroxylation is 1. The van der Waals surface area contributed by atoms with Crippen LogP contribution in [-0.2, 0) is 11.3 Å². The first-order chi connectivity index (χ1) is 8.70. The molecule has 0 saturated carbocycles. The van der Waals surface area contributed by atoms with E-state index in [4.69, 9.17) is 4.74 Å². The highest BCUT2D eigenvalue weighted by atomic mass is 79.9. The molecule has 1 aliphatic heterocycles. The minimum absolute atomic E-state index is 0.0134. The Kier molecular flexibility index (Phi) is 4.83. The molecule has 1 atom stereocenters. The van der Waals surface area contributed by atoms with Gasteiger partial charge >= 0.3 is 0 Å². The lowest BCUT2D eigenvalue weighted by Gasteiger charge is -2.11. The Morgan fingerprint density at radius 3 is 3.17 bits per heavy atom. The Morgan fingerprint density at radius 2 is 2.50 bits per heavy atom. The number of carbonyl (C=O) groups is 1. The molecular weight excluding hydrogens is 296 g/mol. The zero-order chi connectivity index (χ0) is 13.0. The van der Waals surface area contributed by atoms with Gasteiger partial charge in [0.2, 0.25) is 0 Å². The highest BCUT2D eigenvalue weighted by molar-refractivity contribution is 9.10. The highest BCUT2D eigenvalue weighted by Gasteiger charge is 2.16. The van der Waals surface area contributed by atoms with Crippen molar-refractivity contribution in [3.63, 3.8) is 0 Å². The first kappa shape index (κ1) is 13.6. The number of hydrogen-bond acceptors (Lipinski definition) is 2. The van der Waals surface area contributed by atoms with Crippen LogP contribution in [0.1, 0.15) is 36.7 Å². The lowest BCUT2D eigenvalue weighted by Crippen LogP contribution is -2.28. The number of rotatable bonds is 5. The number of hydrogen-bond donors (Lipinski definition) is 1. The molecule has 0 aromatic carbocycles. The topological polar surface area (TPSA) is 43.3 Å². The van der Waals surface area contributed by atoms with Crippen molar-refractivity contribution in [1.29, 1.82) is 0 Å². The van der Waals surface area contributed by atoms with E-state index in [9.17, 15) is 4.79 Å². The fourth-order valence-electron chi connectivity index (χ4n) is 2.24. The summed E-state index contributed by atoms with van der Waals surface area (Å²) in [6.45, 7) is 4.36. The Bertz CT molecular complexity index is 411. The monoisotopic (exact) mass is 314 g/mol. The molecule has 1 N–H and O–H groups in total. The molecule has 1 amide bonds. The number of amides is 1. The van der Waals surface area contributed by atoms with E-state index in [0.29, 0.717) is 18.3 Å². The number of halogens is 1. The molecule has 0 bridgehead atoms. The van der Waals surface area contributed by atoms with Gasteiger partial charge in [-0.05, 0) is 48.2 Å². The third-order valence-electron chi connectivity index (χ3n) is 3.21. The lowest BCUT2D eigenvalue weighted by molar-refractivity contribution is 0.0900. The largest absolute Gasteiger partial charge is 0.378 e. The molecular formula is C13H19BrN2O2. The molecule has 1 aromatic heterocycles. The molecule has 0 unspecified atom stereocenters. The highest BCUT2D eigenvalue weighted by Crippen LogP contribution is 2.16. The van der Waals surface area contributed by atoms with Crippen LogP contribution in [0.2, 0.25) is 0 Å². The second kappa shape index (κ2) is 6.38. The Hall–Kier alpha value is -0.810. The van der Waals surface area contributed by atoms with Crippen LogP contribution in [0.3, 0.4) is 0 Å². The molecule has 1 fully saturated rings. The van der Waals surface area contributed by atoms with Gasteiger partial charge in [-0.2, -0.15) is 0 Å². The number of aromatic nitrogens is 1. The van der Waals surface area contributed by atoms with E-state index in [1.807, 2.05) is 23.8 Å². The fraction of sp³-hybridized carbons (Fsp3) is 0.615. The van der Waals surface area contributed by atoms with Gasteiger partial charge in [0.15, 0.2) is 0 Å². The van der Waals surface area contributed by atoms with Gasteiger partial charge in [0.1, 0.15) is 5.69 Å². The third kappa shape index (κ3) is 3.36. The van der Waals surface area contributed by atoms with Crippen LogP contribution in [-0.4, -0.2) is 29.7 Å². The van der Waals surface area contributed by atoms with Gasteiger partial charge in [-0.15, -0.1) is 0 Å². The second-order valence-electron chi connectivity index (χ2n) is 4.51. The van der Waals surface area contributed by atoms with Gasteiger partial charge in [0.05, 0.1) is 6.10 Å². The van der Waals surface area contributed by atoms with Gasteiger partial charge in [0, 0.05) is 30.4 Å². The summed E-state index contributed by atoms with van der Waals surface area (Å²) in [7, 11) is 0. The average Bonchev–Trinajstić information content (AvgIpc) is 2.98. The summed E-state index contributed by atoms with van der Waals surface area (Å²) in [5.74, 6) is -0.0134. The van der Waals surface area contributed by atoms with Crippen LogP contribution in [0.5, 0.6) is 0 Å². The van der Waals surface area contributed by atoms with Crippen LogP contribution in [0, 0.1) is 0 Å². The summed E-state index contributed by atoms with van der Waals surface area (Å²) in [4.78, 5) is 12.0. The van der Waals surface area contributed by atoms with E-state index in [1.54, 1.807) is 0 Å². The summed E-state index contributed by atoms with van der Waals surface area (Å²) in [5.41, 5.74) is 0.705. The SMILES string of the molecule is CCn1cc(Br)cc1C(=O)NCC[C@H]1CCCO1. The average molecular weight is 315 g/mol. The normalized spacial score (nSPS) is 19.1. The predicted octanol–water partition coefficient (Wildman–Crippen LogP) is 2.57. The first-order valence-electron chi connectivity index (χ1n) is 6.46. The van der Waals surface area contributed by atoms with Gasteiger partial charge in [-0.1, -0.05) is 0 Å². The van der Waals surface area contributed by atoms with Crippen molar-refractivity contribution in [2.75, 3.05) is 13.2 Å². The standard InChI is InChI=1S/C13H19BrN2O2/c1-2-16-9-10(14)8-12(16)13(17)15-6-5-11-4-3-7-18-11/h8-9,11H,2-7H2,1H3,(H,15,17)/t11-/m1/s1. The van der Waals surface area contributed by atoms with Crippen molar-refractivity contribution < 1.29 is 9.53 Å². The molecule has 1 aliphatic rings. The molecule has 18 heavy (non-hydrogen) atoms. The molecule has 0 radical (unpaired) electrons. The van der Waals surface area contributed by atoms with Crippen molar-refractivity contribution >= 4 is 21.8 Å². The Balaban J connectivity index is 1.83. The van der Waals surface area contributed by atoms with Crippen molar-refractivity contribution in [2.24, 2.45) is 0 Å². The minimum Gasteiger partial charge on any atom is -0.378 e. The van der Waals surface area contributed by atoms with E-state index in [2.05, 4.69) is 21.2 Å². The van der Waals surface area contributed by atoms with Crippen LogP contribution < -0.4 is 5.32 Å². The van der Waals surface area contributed by atoms with Gasteiger partial charge in [0.25, 0.3) is 5.91 Å². The van der Waals surface area contributed by atoms with E-state index >= 15 is 0 Å². The van der Waals surface area contributed by atoms with Crippen molar-refractivity contribution in [3.05, 3.63) is 22.4 Å². The smallest absolute Gasteiger partial charge is 0.267 e. The second-order valence-corrected chi connectivity index (χ2v) is 5.42. The van der Waals surface area contributed by atoms with Crippen molar-refractivity contribution in [2.45, 2.75) is 38.8 Å². The van der Waals surface area contributed by atoms with E-state index in [-0.39, 0.29) is 5.91 Å². The van der Waals surface area contributed by atoms with Crippen molar-refractivity contribution in [3.8, 4) is 0 Å². The number of nitrogens with zero attached hydrogens (tertiary/aromatic N) is 1. The fourth-order valence-corrected chi connectivity index (χ4v) is 2.70. The molecule has 1 saturated heterocycles. The maximum atomic E-state index is 12.0. The summed E-state index contributed by atoms with van der Waals surface area (Å²) in [6.07, 6.45) is 5.42. The molecule has 4 nitrogen and oxygen atoms in total. The first-order valence-corrected chi connectivity index (χ1v) is 7.25. The summed E-state index contributed by atoms with van der Waals surface area (Å²) in [6, 6.07) is 1.85. The maximum Gasteiger partial charge on any atom is 0.267 e. The van der Waals surface area contributed by atoms with E-state index in [1.165, 1.54) is 0 Å². The van der Waals surface area contributed by atoms with E-state index in [0.717, 1.165) is 36.9 Å². The molecule has 0 aliphatic carbocycles. The molecule has 1 aromatic rings. The van der Waals surface area contributed by atoms with Crippen LogP contribution in [0.15, 0.2) is 16.7 Å². The van der Waals surface area contributed by atoms with Crippen molar-refractivity contribution in [1.82, 2.24) is 9.88 Å². The molecule has 2 rings (SSSR count). The van der Waals surface area contributed by atoms with Crippen LogP contribution in [0.4, 0.5) is 0 Å². The Labute approximate surface area is 116 Å². The molecule has 0 spiro atoms. The molecule has 2 heterocycles. The lowest BCUT2D eigenvalue weighted by atomic mass is 10.2. The number of ether oxygens (including phenoxy) is 1. The summed E-state index contributed by atoms with van der Waals surface area (Å²) >= 11 is 3.39. The summed E-state index contributed by atoms with van der Waals surface area (Å²) < 4.78 is 8.40. The number of nitrogens with one attached hydrogen (secondary N) is 1. The van der Waals surface area contributed by atoms with Gasteiger partial charge in [-0.25, -0.2) is 0 Å². The zero-order valence-electron chi connectivity index (χ0n) is 10.6. The maximum absolute atomic E-state index is 12.0. The quantitative estimate of drug-likeness (QED) is 0.907. The Morgan fingerprint density at radius 1 is 1.67 bits per heavy atom. The van der Waals surface area contributed by atoms with E-state index < -0.39 is 0 Å².